The molecule has 2 aromatic rings. The van der Waals surface area contributed by atoms with Gasteiger partial charge in [-0.3, -0.25) is 19.5 Å². The van der Waals surface area contributed by atoms with Crippen molar-refractivity contribution >= 4 is 23.5 Å². The van der Waals surface area contributed by atoms with Crippen LogP contribution in [0.4, 0.5) is 36.8 Å². The normalized spacial score (nSPS) is 22.4. The molecule has 1 aromatic heterocycles. The summed E-state index contributed by atoms with van der Waals surface area (Å²) in [5.74, 6) is -0.725. The number of imide groups is 1. The summed E-state index contributed by atoms with van der Waals surface area (Å²) in [6.45, 7) is 10.0. The van der Waals surface area contributed by atoms with Gasteiger partial charge in [0.1, 0.15) is 12.3 Å². The second kappa shape index (κ2) is 13.1. The Bertz CT molecular complexity index is 1520. The zero-order chi connectivity index (χ0) is 36.0. The number of nitrogens with zero attached hydrogens (tertiary/aromatic N) is 4. The average Bonchev–Trinajstić information content (AvgIpc) is 3.20. The van der Waals surface area contributed by atoms with Crippen molar-refractivity contribution in [3.63, 3.8) is 0 Å². The van der Waals surface area contributed by atoms with E-state index >= 15 is 0 Å². The van der Waals surface area contributed by atoms with Crippen LogP contribution < -0.4 is 15.0 Å². The van der Waals surface area contributed by atoms with E-state index in [4.69, 9.17) is 4.74 Å². The lowest BCUT2D eigenvalue weighted by molar-refractivity contribution is -0.376. The van der Waals surface area contributed by atoms with Crippen molar-refractivity contribution in [1.82, 2.24) is 20.1 Å². The number of aliphatic hydroxyl groups is 1. The number of amides is 4. The molecular weight excluding hydrogens is 648 g/mol. The fourth-order valence-corrected chi connectivity index (χ4v) is 6.12. The van der Waals surface area contributed by atoms with Gasteiger partial charge in [0.25, 0.3) is 11.5 Å². The number of halogens is 6. The molecule has 264 valence electrons. The van der Waals surface area contributed by atoms with Gasteiger partial charge in [0.2, 0.25) is 5.91 Å². The van der Waals surface area contributed by atoms with E-state index in [0.29, 0.717) is 23.9 Å². The minimum absolute atomic E-state index is 0.0855. The van der Waals surface area contributed by atoms with Crippen LogP contribution in [0.15, 0.2) is 36.5 Å². The SMILES string of the molecule is CCCc1cc(C(O)(C(F)(F)F)C(F)(F)F)ccc1N1CC(C)N(C(=O)CN2C(=O)N[C@@](C)(c3ccc(OC(C)C)cn3)C2=O)CC1C. The molecule has 48 heavy (non-hydrogen) atoms. The Labute approximate surface area is 274 Å². The van der Waals surface area contributed by atoms with E-state index in [1.165, 1.54) is 18.0 Å². The molecule has 2 saturated heterocycles. The summed E-state index contributed by atoms with van der Waals surface area (Å²) in [6, 6.07) is 3.91. The minimum Gasteiger partial charge on any atom is -0.489 e. The number of urea groups is 1. The number of alkyl halides is 6. The van der Waals surface area contributed by atoms with Gasteiger partial charge in [0.15, 0.2) is 5.54 Å². The smallest absolute Gasteiger partial charge is 0.430 e. The number of piperazine rings is 1. The maximum absolute atomic E-state index is 13.6. The standard InChI is InChI=1S/C32H39F6N5O5/c1-7-8-21-13-22(30(47,31(33,34)35)32(36,37)38)9-11-24(21)41-15-20(5)42(16-19(41)4)26(44)17-43-27(45)29(6,40-28(43)46)25-12-10-23(14-39-25)48-18(2)3/h9-14,18-20,47H,7-8,15-17H2,1-6H3,(H,40,46)/t19?,20?,29-/m0/s1. The van der Waals surface area contributed by atoms with Gasteiger partial charge in [-0.25, -0.2) is 4.79 Å². The fourth-order valence-electron chi connectivity index (χ4n) is 6.12. The van der Waals surface area contributed by atoms with Gasteiger partial charge in [-0.15, -0.1) is 0 Å². The number of hydrogen-bond donors (Lipinski definition) is 2. The van der Waals surface area contributed by atoms with Crippen LogP contribution in [-0.2, 0) is 27.1 Å². The molecule has 2 unspecified atom stereocenters. The second-order valence-corrected chi connectivity index (χ2v) is 12.7. The van der Waals surface area contributed by atoms with E-state index in [1.54, 1.807) is 37.8 Å². The molecule has 0 radical (unpaired) electrons. The molecule has 3 atom stereocenters. The van der Waals surface area contributed by atoms with Crippen molar-refractivity contribution < 1.29 is 50.6 Å². The molecule has 0 saturated carbocycles. The van der Waals surface area contributed by atoms with Crippen molar-refractivity contribution in [1.29, 1.82) is 0 Å². The highest BCUT2D eigenvalue weighted by molar-refractivity contribution is 6.09. The topological polar surface area (TPSA) is 115 Å². The average molecular weight is 688 g/mol. The Morgan fingerprint density at radius 1 is 1.06 bits per heavy atom. The number of pyridine rings is 1. The molecule has 0 aliphatic carbocycles. The number of aromatic nitrogens is 1. The van der Waals surface area contributed by atoms with Crippen molar-refractivity contribution in [3.05, 3.63) is 53.3 Å². The Morgan fingerprint density at radius 2 is 1.71 bits per heavy atom. The van der Waals surface area contributed by atoms with Gasteiger partial charge in [-0.05, 0) is 64.8 Å². The van der Waals surface area contributed by atoms with Crippen LogP contribution in [0, 0.1) is 0 Å². The van der Waals surface area contributed by atoms with Gasteiger partial charge >= 0.3 is 18.4 Å². The van der Waals surface area contributed by atoms with Gasteiger partial charge in [-0.1, -0.05) is 25.5 Å². The summed E-state index contributed by atoms with van der Waals surface area (Å²) in [7, 11) is 0. The quantitative estimate of drug-likeness (QED) is 0.281. The van der Waals surface area contributed by atoms with Crippen LogP contribution in [0.5, 0.6) is 5.75 Å². The van der Waals surface area contributed by atoms with E-state index in [-0.39, 0.29) is 36.9 Å². The third kappa shape index (κ3) is 6.63. The van der Waals surface area contributed by atoms with Gasteiger partial charge in [0.05, 0.1) is 18.0 Å². The summed E-state index contributed by atoms with van der Waals surface area (Å²) in [6.07, 6.45) is -10.2. The number of anilines is 1. The maximum atomic E-state index is 13.6. The number of hydrogen-bond acceptors (Lipinski definition) is 7. The first kappa shape index (κ1) is 36.8. The molecule has 2 aliphatic rings. The molecule has 2 fully saturated rings. The Balaban J connectivity index is 1.52. The summed E-state index contributed by atoms with van der Waals surface area (Å²) in [4.78, 5) is 48.2. The number of benzene rings is 1. The molecule has 0 bridgehead atoms. The van der Waals surface area contributed by atoms with E-state index in [9.17, 15) is 45.8 Å². The van der Waals surface area contributed by atoms with Crippen molar-refractivity contribution in [2.24, 2.45) is 0 Å². The number of aryl methyl sites for hydroxylation is 1. The number of carbonyl (C=O) groups is 3. The molecule has 2 N–H and O–H groups in total. The minimum atomic E-state index is -6.02. The van der Waals surface area contributed by atoms with Crippen LogP contribution in [0.2, 0.25) is 0 Å². The molecule has 10 nitrogen and oxygen atoms in total. The summed E-state index contributed by atoms with van der Waals surface area (Å²) >= 11 is 0. The lowest BCUT2D eigenvalue weighted by atomic mass is 9.89. The third-order valence-corrected chi connectivity index (χ3v) is 8.64. The molecule has 4 rings (SSSR count). The first-order chi connectivity index (χ1) is 22.1. The molecule has 3 heterocycles. The lowest BCUT2D eigenvalue weighted by Gasteiger charge is -2.46. The molecular formula is C32H39F6N5O5. The lowest BCUT2D eigenvalue weighted by Crippen LogP contribution is -2.60. The molecule has 4 amide bonds. The Kier molecular flexibility index (Phi) is 10.0. The first-order valence-corrected chi connectivity index (χ1v) is 15.5. The fraction of sp³-hybridized carbons (Fsp3) is 0.562. The van der Waals surface area contributed by atoms with Crippen molar-refractivity contribution in [2.45, 2.75) is 96.1 Å². The molecule has 0 spiro atoms. The number of nitrogens with one attached hydrogen (secondary N) is 1. The molecule has 2 aliphatic heterocycles. The number of ether oxygens (including phenoxy) is 1. The van der Waals surface area contributed by atoms with Crippen LogP contribution in [0.1, 0.15) is 64.8 Å². The van der Waals surface area contributed by atoms with Crippen LogP contribution >= 0.6 is 0 Å². The number of carbonyl (C=O) groups excluding carboxylic acids is 3. The highest BCUT2D eigenvalue weighted by Gasteiger charge is 2.71. The predicted molar refractivity (Wildman–Crippen MR) is 162 cm³/mol. The van der Waals surface area contributed by atoms with Crippen molar-refractivity contribution in [2.75, 3.05) is 24.5 Å². The highest BCUT2D eigenvalue weighted by atomic mass is 19.4. The Hall–Kier alpha value is -4.08. The molecule has 1 aromatic carbocycles. The van der Waals surface area contributed by atoms with Gasteiger partial charge in [-0.2, -0.15) is 26.3 Å². The maximum Gasteiger partial charge on any atom is 0.430 e. The van der Waals surface area contributed by atoms with Gasteiger partial charge < -0.3 is 25.0 Å². The summed E-state index contributed by atoms with van der Waals surface area (Å²) in [5, 5.41) is 12.6. The van der Waals surface area contributed by atoms with Gasteiger partial charge in [0, 0.05) is 36.4 Å². The first-order valence-electron chi connectivity index (χ1n) is 15.5. The zero-order valence-electron chi connectivity index (χ0n) is 27.4. The Morgan fingerprint density at radius 3 is 2.25 bits per heavy atom. The van der Waals surface area contributed by atoms with E-state index < -0.39 is 65.5 Å². The van der Waals surface area contributed by atoms with Crippen molar-refractivity contribution in [3.8, 4) is 5.75 Å². The second-order valence-electron chi connectivity index (χ2n) is 12.7. The molecule has 16 heteroatoms. The predicted octanol–water partition coefficient (Wildman–Crippen LogP) is 5.03. The number of rotatable bonds is 9. The van der Waals surface area contributed by atoms with Crippen LogP contribution in [0.3, 0.4) is 0 Å². The van der Waals surface area contributed by atoms with E-state index in [2.05, 4.69) is 10.3 Å². The largest absolute Gasteiger partial charge is 0.489 e. The monoisotopic (exact) mass is 687 g/mol. The van der Waals surface area contributed by atoms with Crippen LogP contribution in [-0.4, -0.2) is 87.9 Å². The third-order valence-electron chi connectivity index (χ3n) is 8.64. The summed E-state index contributed by atoms with van der Waals surface area (Å²) in [5.41, 5.74) is -7.11. The zero-order valence-corrected chi connectivity index (χ0v) is 27.4. The van der Waals surface area contributed by atoms with Crippen LogP contribution in [0.25, 0.3) is 0 Å². The van der Waals surface area contributed by atoms with E-state index in [1.807, 2.05) is 13.8 Å². The highest BCUT2D eigenvalue weighted by Crippen LogP contribution is 2.50. The van der Waals surface area contributed by atoms with E-state index in [0.717, 1.165) is 17.0 Å². The summed E-state index contributed by atoms with van der Waals surface area (Å²) < 4.78 is 87.1.